The Bertz CT molecular complexity index is 1170. The van der Waals surface area contributed by atoms with Crippen molar-refractivity contribution < 1.29 is 22.8 Å². The van der Waals surface area contributed by atoms with E-state index in [0.29, 0.717) is 16.8 Å². The summed E-state index contributed by atoms with van der Waals surface area (Å²) < 4.78 is 40.7. The van der Waals surface area contributed by atoms with Gasteiger partial charge in [-0.3, -0.25) is 9.59 Å². The van der Waals surface area contributed by atoms with E-state index >= 15 is 0 Å². The van der Waals surface area contributed by atoms with Gasteiger partial charge in [0.2, 0.25) is 5.91 Å². The molecule has 0 saturated heterocycles. The molecule has 0 spiro atoms. The average molecular weight is 438 g/mol. The molecule has 0 aliphatic rings. The first-order valence-corrected chi connectivity index (χ1v) is 9.38. The van der Waals surface area contributed by atoms with E-state index in [1.165, 1.54) is 12.1 Å². The number of alkyl halides is 3. The van der Waals surface area contributed by atoms with Crippen LogP contribution in [-0.4, -0.2) is 18.4 Å². The first kappa shape index (κ1) is 22.4. The van der Waals surface area contributed by atoms with Crippen molar-refractivity contribution in [1.82, 2.24) is 0 Å². The van der Waals surface area contributed by atoms with Crippen molar-refractivity contribution in [2.24, 2.45) is 0 Å². The van der Waals surface area contributed by atoms with Crippen molar-refractivity contribution in [3.63, 3.8) is 0 Å². The monoisotopic (exact) mass is 438 g/mol. The number of hydrogen-bond donors (Lipinski definition) is 3. The summed E-state index contributed by atoms with van der Waals surface area (Å²) >= 11 is 0. The van der Waals surface area contributed by atoms with Crippen LogP contribution in [0.5, 0.6) is 0 Å². The predicted molar refractivity (Wildman–Crippen MR) is 114 cm³/mol. The molecule has 3 N–H and O–H groups in total. The van der Waals surface area contributed by atoms with Gasteiger partial charge in [0.1, 0.15) is 0 Å². The highest BCUT2D eigenvalue weighted by Gasteiger charge is 2.34. The molecule has 0 radical (unpaired) electrons. The maximum Gasteiger partial charge on any atom is 0.418 e. The molecule has 3 rings (SSSR count). The summed E-state index contributed by atoms with van der Waals surface area (Å²) in [5, 5.41) is 16.3. The molecule has 0 atom stereocenters. The zero-order chi connectivity index (χ0) is 23.1. The van der Waals surface area contributed by atoms with Gasteiger partial charge >= 0.3 is 6.18 Å². The van der Waals surface area contributed by atoms with Crippen LogP contribution in [0.3, 0.4) is 0 Å². The lowest BCUT2D eigenvalue weighted by molar-refractivity contribution is -0.137. The standard InChI is InChI=1S/C23H17F3N4O2/c24-23(25,26)19-12-18(30-22(32)16-6-2-1-3-7-16)9-10-20(19)28-14-21(31)29-17-8-4-5-15(11-17)13-27/h1-12,28H,14H2,(H,29,31)(H,30,32). The van der Waals surface area contributed by atoms with Gasteiger partial charge in [-0.05, 0) is 48.5 Å². The van der Waals surface area contributed by atoms with Crippen LogP contribution in [0.1, 0.15) is 21.5 Å². The third-order valence-electron chi connectivity index (χ3n) is 4.33. The van der Waals surface area contributed by atoms with Crippen LogP contribution in [0, 0.1) is 11.3 Å². The van der Waals surface area contributed by atoms with Crippen LogP contribution in [0.4, 0.5) is 30.2 Å². The zero-order valence-corrected chi connectivity index (χ0v) is 16.5. The van der Waals surface area contributed by atoms with Crippen molar-refractivity contribution in [1.29, 1.82) is 5.26 Å². The summed E-state index contributed by atoms with van der Waals surface area (Å²) in [6.07, 6.45) is -4.71. The second-order valence-corrected chi connectivity index (χ2v) is 6.67. The molecule has 6 nitrogen and oxygen atoms in total. The molecule has 0 bridgehead atoms. The van der Waals surface area contributed by atoms with Gasteiger partial charge in [0.05, 0.1) is 23.7 Å². The van der Waals surface area contributed by atoms with Gasteiger partial charge in [0, 0.05) is 22.6 Å². The Kier molecular flexibility index (Phi) is 6.75. The Morgan fingerprint density at radius 2 is 1.59 bits per heavy atom. The number of amides is 2. The normalized spacial score (nSPS) is 10.7. The molecule has 2 amide bonds. The highest BCUT2D eigenvalue weighted by Crippen LogP contribution is 2.36. The van der Waals surface area contributed by atoms with Gasteiger partial charge in [-0.25, -0.2) is 0 Å². The number of nitrogens with one attached hydrogen (secondary N) is 3. The second-order valence-electron chi connectivity index (χ2n) is 6.67. The van der Waals surface area contributed by atoms with Crippen molar-refractivity contribution in [3.8, 4) is 6.07 Å². The van der Waals surface area contributed by atoms with E-state index in [0.717, 1.165) is 12.1 Å². The highest BCUT2D eigenvalue weighted by atomic mass is 19.4. The minimum Gasteiger partial charge on any atom is -0.376 e. The van der Waals surface area contributed by atoms with E-state index < -0.39 is 30.1 Å². The van der Waals surface area contributed by atoms with Gasteiger partial charge in [-0.15, -0.1) is 0 Å². The summed E-state index contributed by atoms with van der Waals surface area (Å²) in [7, 11) is 0. The van der Waals surface area contributed by atoms with Crippen molar-refractivity contribution in [2.45, 2.75) is 6.18 Å². The summed E-state index contributed by atoms with van der Waals surface area (Å²) in [5.74, 6) is -1.13. The topological polar surface area (TPSA) is 94.0 Å². The van der Waals surface area contributed by atoms with Crippen LogP contribution < -0.4 is 16.0 Å². The Morgan fingerprint density at radius 3 is 2.28 bits per heavy atom. The Labute approximate surface area is 181 Å². The molecule has 0 aliphatic carbocycles. The SMILES string of the molecule is N#Cc1cccc(NC(=O)CNc2ccc(NC(=O)c3ccccc3)cc2C(F)(F)F)c1. The molecule has 3 aromatic carbocycles. The van der Waals surface area contributed by atoms with Crippen LogP contribution in [0.2, 0.25) is 0 Å². The maximum atomic E-state index is 13.6. The lowest BCUT2D eigenvalue weighted by atomic mass is 10.1. The zero-order valence-electron chi connectivity index (χ0n) is 16.5. The molecule has 0 heterocycles. The van der Waals surface area contributed by atoms with Crippen molar-refractivity contribution in [2.75, 3.05) is 22.5 Å². The summed E-state index contributed by atoms with van der Waals surface area (Å²) in [4.78, 5) is 24.3. The summed E-state index contributed by atoms with van der Waals surface area (Å²) in [5.41, 5.74) is -0.372. The van der Waals surface area contributed by atoms with E-state index in [4.69, 9.17) is 5.26 Å². The lowest BCUT2D eigenvalue weighted by Crippen LogP contribution is -2.23. The number of nitrogens with zero attached hydrogens (tertiary/aromatic N) is 1. The number of halogens is 3. The number of nitriles is 1. The molecule has 0 fully saturated rings. The predicted octanol–water partition coefficient (Wildman–Crippen LogP) is 4.88. The lowest BCUT2D eigenvalue weighted by Gasteiger charge is -2.16. The molecule has 32 heavy (non-hydrogen) atoms. The maximum absolute atomic E-state index is 13.6. The number of hydrogen-bond acceptors (Lipinski definition) is 4. The fraction of sp³-hybridized carbons (Fsp3) is 0.0870. The van der Waals surface area contributed by atoms with Gasteiger partial charge < -0.3 is 16.0 Å². The smallest absolute Gasteiger partial charge is 0.376 e. The van der Waals surface area contributed by atoms with Gasteiger partial charge in [0.25, 0.3) is 5.91 Å². The molecule has 0 aromatic heterocycles. The van der Waals surface area contributed by atoms with Crippen LogP contribution in [-0.2, 0) is 11.0 Å². The van der Waals surface area contributed by atoms with E-state index in [2.05, 4.69) is 16.0 Å². The number of carbonyl (C=O) groups is 2. The Hall–Kier alpha value is -4.32. The van der Waals surface area contributed by atoms with Crippen molar-refractivity contribution in [3.05, 3.63) is 89.5 Å². The number of rotatable bonds is 6. The third kappa shape index (κ3) is 5.86. The number of benzene rings is 3. The van der Waals surface area contributed by atoms with E-state index in [1.807, 2.05) is 6.07 Å². The van der Waals surface area contributed by atoms with Gasteiger partial charge in [0.15, 0.2) is 0 Å². The minimum atomic E-state index is -4.71. The summed E-state index contributed by atoms with van der Waals surface area (Å²) in [6.45, 7) is -0.435. The molecule has 0 aliphatic heterocycles. The number of anilines is 3. The van der Waals surface area contributed by atoms with Crippen LogP contribution in [0.15, 0.2) is 72.8 Å². The molecule has 0 saturated carbocycles. The van der Waals surface area contributed by atoms with E-state index in [1.54, 1.807) is 48.5 Å². The molecule has 9 heteroatoms. The fourth-order valence-electron chi connectivity index (χ4n) is 2.85. The quantitative estimate of drug-likeness (QED) is 0.511. The van der Waals surface area contributed by atoms with Gasteiger partial charge in [-0.1, -0.05) is 24.3 Å². The molecule has 0 unspecified atom stereocenters. The average Bonchev–Trinajstić information content (AvgIpc) is 2.78. The van der Waals surface area contributed by atoms with Crippen LogP contribution >= 0.6 is 0 Å². The first-order chi connectivity index (χ1) is 15.3. The third-order valence-corrected chi connectivity index (χ3v) is 4.33. The van der Waals surface area contributed by atoms with Crippen LogP contribution in [0.25, 0.3) is 0 Å². The fourth-order valence-corrected chi connectivity index (χ4v) is 2.85. The minimum absolute atomic E-state index is 0.0329. The Balaban J connectivity index is 1.71. The highest BCUT2D eigenvalue weighted by molar-refractivity contribution is 6.04. The summed E-state index contributed by atoms with van der Waals surface area (Å²) in [6, 6.07) is 19.4. The molecule has 162 valence electrons. The first-order valence-electron chi connectivity index (χ1n) is 9.38. The molecular weight excluding hydrogens is 421 g/mol. The number of carbonyl (C=O) groups excluding carboxylic acids is 2. The largest absolute Gasteiger partial charge is 0.418 e. The van der Waals surface area contributed by atoms with Gasteiger partial charge in [-0.2, -0.15) is 18.4 Å². The van der Waals surface area contributed by atoms with E-state index in [-0.39, 0.29) is 11.4 Å². The second kappa shape index (κ2) is 9.66. The molecule has 3 aromatic rings. The van der Waals surface area contributed by atoms with Crippen molar-refractivity contribution >= 4 is 28.9 Å². The molecular formula is C23H17F3N4O2. The van der Waals surface area contributed by atoms with E-state index in [9.17, 15) is 22.8 Å². The Morgan fingerprint density at radius 1 is 0.875 bits per heavy atom.